The maximum absolute atomic E-state index is 12.5. The maximum Gasteiger partial charge on any atom is 0.195 e. The molecule has 3 nitrogen and oxygen atoms in total. The highest BCUT2D eigenvalue weighted by molar-refractivity contribution is 6.16. The number of ketones is 1. The Labute approximate surface area is 116 Å². The molecule has 20 heavy (non-hydrogen) atoms. The highest BCUT2D eigenvalue weighted by Crippen LogP contribution is 2.29. The van der Waals surface area contributed by atoms with E-state index in [4.69, 9.17) is 5.73 Å². The van der Waals surface area contributed by atoms with Gasteiger partial charge in [-0.05, 0) is 23.6 Å². The molecular formula is C17H13NO2. The van der Waals surface area contributed by atoms with Gasteiger partial charge < -0.3 is 10.8 Å². The summed E-state index contributed by atoms with van der Waals surface area (Å²) in [6.45, 7) is 0. The predicted octanol–water partition coefficient (Wildman–Crippen LogP) is 3.36. The van der Waals surface area contributed by atoms with Crippen LogP contribution in [-0.4, -0.2) is 10.9 Å². The van der Waals surface area contributed by atoms with E-state index in [0.29, 0.717) is 22.2 Å². The van der Waals surface area contributed by atoms with Crippen molar-refractivity contribution < 1.29 is 9.90 Å². The third kappa shape index (κ3) is 1.99. The molecular weight excluding hydrogens is 250 g/mol. The van der Waals surface area contributed by atoms with Gasteiger partial charge in [0, 0.05) is 16.5 Å². The molecule has 0 saturated heterocycles. The maximum atomic E-state index is 12.5. The first-order valence-electron chi connectivity index (χ1n) is 6.28. The van der Waals surface area contributed by atoms with E-state index in [1.54, 1.807) is 36.4 Å². The molecule has 3 aromatic rings. The molecule has 3 heteroatoms. The fraction of sp³-hybridized carbons (Fsp3) is 0. The molecule has 0 heterocycles. The summed E-state index contributed by atoms with van der Waals surface area (Å²) in [6, 6.07) is 17.5. The van der Waals surface area contributed by atoms with Gasteiger partial charge in [-0.25, -0.2) is 0 Å². The first kappa shape index (κ1) is 12.2. The summed E-state index contributed by atoms with van der Waals surface area (Å²) in [4.78, 5) is 12.5. The van der Waals surface area contributed by atoms with Gasteiger partial charge in [-0.15, -0.1) is 0 Å². The van der Waals surface area contributed by atoms with Gasteiger partial charge in [0.1, 0.15) is 5.75 Å². The number of benzene rings is 3. The molecule has 0 spiro atoms. The molecule has 0 atom stereocenters. The number of fused-ring (bicyclic) bond motifs is 1. The van der Waals surface area contributed by atoms with Gasteiger partial charge in [-0.1, -0.05) is 42.5 Å². The summed E-state index contributed by atoms with van der Waals surface area (Å²) in [5.41, 5.74) is 7.54. The monoisotopic (exact) mass is 263 g/mol. The number of phenols is 1. The Morgan fingerprint density at radius 2 is 1.65 bits per heavy atom. The minimum atomic E-state index is -0.117. The third-order valence-electron chi connectivity index (χ3n) is 3.33. The molecule has 3 aromatic carbocycles. The van der Waals surface area contributed by atoms with Crippen molar-refractivity contribution in [3.05, 3.63) is 71.8 Å². The summed E-state index contributed by atoms with van der Waals surface area (Å²) in [6.07, 6.45) is 0. The Kier molecular flexibility index (Phi) is 2.88. The highest BCUT2D eigenvalue weighted by atomic mass is 16.3. The van der Waals surface area contributed by atoms with E-state index in [0.717, 1.165) is 5.39 Å². The van der Waals surface area contributed by atoms with Crippen molar-refractivity contribution >= 4 is 22.2 Å². The van der Waals surface area contributed by atoms with E-state index in [9.17, 15) is 9.90 Å². The number of carbonyl (C=O) groups excluding carboxylic acids is 1. The van der Waals surface area contributed by atoms with E-state index in [2.05, 4.69) is 0 Å². The molecule has 0 aliphatic heterocycles. The van der Waals surface area contributed by atoms with Crippen molar-refractivity contribution in [3.63, 3.8) is 0 Å². The topological polar surface area (TPSA) is 63.3 Å². The number of phenolic OH excluding ortho intramolecular Hbond substituents is 1. The van der Waals surface area contributed by atoms with Crippen LogP contribution < -0.4 is 5.73 Å². The summed E-state index contributed by atoms with van der Waals surface area (Å²) >= 11 is 0. The van der Waals surface area contributed by atoms with Crippen LogP contribution in [0.4, 0.5) is 5.69 Å². The van der Waals surface area contributed by atoms with Crippen molar-refractivity contribution in [2.24, 2.45) is 0 Å². The quantitative estimate of drug-likeness (QED) is 0.550. The van der Waals surface area contributed by atoms with Crippen LogP contribution in [0.25, 0.3) is 10.8 Å². The second kappa shape index (κ2) is 4.70. The lowest BCUT2D eigenvalue weighted by Crippen LogP contribution is -2.05. The fourth-order valence-corrected chi connectivity index (χ4v) is 2.27. The predicted molar refractivity (Wildman–Crippen MR) is 79.9 cm³/mol. The lowest BCUT2D eigenvalue weighted by atomic mass is 9.97. The zero-order chi connectivity index (χ0) is 14.1. The molecule has 98 valence electrons. The van der Waals surface area contributed by atoms with Crippen LogP contribution in [0.3, 0.4) is 0 Å². The number of hydrogen-bond acceptors (Lipinski definition) is 3. The molecule has 3 rings (SSSR count). The Morgan fingerprint density at radius 3 is 2.40 bits per heavy atom. The number of anilines is 1. The molecule has 3 N–H and O–H groups in total. The summed E-state index contributed by atoms with van der Waals surface area (Å²) in [5.74, 6) is 0.0156. The largest absolute Gasteiger partial charge is 0.508 e. The average Bonchev–Trinajstić information content (AvgIpc) is 2.48. The zero-order valence-electron chi connectivity index (χ0n) is 10.7. The minimum Gasteiger partial charge on any atom is -0.508 e. The second-order valence-corrected chi connectivity index (χ2v) is 4.63. The third-order valence-corrected chi connectivity index (χ3v) is 3.33. The second-order valence-electron chi connectivity index (χ2n) is 4.63. The summed E-state index contributed by atoms with van der Waals surface area (Å²) in [5, 5.41) is 11.1. The Hall–Kier alpha value is -2.81. The van der Waals surface area contributed by atoms with Gasteiger partial charge in [-0.2, -0.15) is 0 Å². The summed E-state index contributed by atoms with van der Waals surface area (Å²) < 4.78 is 0. The van der Waals surface area contributed by atoms with Crippen LogP contribution in [0.1, 0.15) is 15.9 Å². The Bertz CT molecular complexity index is 795. The van der Waals surface area contributed by atoms with Crippen LogP contribution in [0, 0.1) is 0 Å². The van der Waals surface area contributed by atoms with Crippen molar-refractivity contribution in [3.8, 4) is 5.75 Å². The number of carbonyl (C=O) groups is 1. The van der Waals surface area contributed by atoms with E-state index in [-0.39, 0.29) is 11.5 Å². The Morgan fingerprint density at radius 1 is 0.950 bits per heavy atom. The summed E-state index contributed by atoms with van der Waals surface area (Å²) in [7, 11) is 0. The van der Waals surface area contributed by atoms with Gasteiger partial charge in [0.25, 0.3) is 0 Å². The first-order valence-corrected chi connectivity index (χ1v) is 6.28. The van der Waals surface area contributed by atoms with Crippen molar-refractivity contribution in [1.29, 1.82) is 0 Å². The van der Waals surface area contributed by atoms with Crippen LogP contribution in [0.15, 0.2) is 60.7 Å². The number of nitrogens with two attached hydrogens (primary N) is 1. The molecule has 0 radical (unpaired) electrons. The van der Waals surface area contributed by atoms with Gasteiger partial charge in [-0.3, -0.25) is 4.79 Å². The van der Waals surface area contributed by atoms with E-state index >= 15 is 0 Å². The molecule has 0 fully saturated rings. The van der Waals surface area contributed by atoms with Gasteiger partial charge in [0.15, 0.2) is 5.78 Å². The number of aromatic hydroxyl groups is 1. The van der Waals surface area contributed by atoms with E-state index < -0.39 is 0 Å². The van der Waals surface area contributed by atoms with E-state index in [1.807, 2.05) is 24.3 Å². The van der Waals surface area contributed by atoms with Crippen LogP contribution in [0.2, 0.25) is 0 Å². The normalized spacial score (nSPS) is 10.6. The lowest BCUT2D eigenvalue weighted by Gasteiger charge is -2.09. The number of hydrogen-bond donors (Lipinski definition) is 2. The van der Waals surface area contributed by atoms with E-state index in [1.165, 1.54) is 0 Å². The number of nitrogen functional groups attached to an aromatic ring is 1. The molecule has 0 amide bonds. The lowest BCUT2D eigenvalue weighted by molar-refractivity contribution is 0.103. The molecule has 0 aliphatic carbocycles. The van der Waals surface area contributed by atoms with Gasteiger partial charge in [0.05, 0.1) is 5.69 Å². The average molecular weight is 263 g/mol. The smallest absolute Gasteiger partial charge is 0.195 e. The number of rotatable bonds is 2. The van der Waals surface area contributed by atoms with Crippen LogP contribution in [-0.2, 0) is 0 Å². The fourth-order valence-electron chi connectivity index (χ4n) is 2.27. The van der Waals surface area contributed by atoms with Crippen LogP contribution >= 0.6 is 0 Å². The first-order chi connectivity index (χ1) is 9.66. The van der Waals surface area contributed by atoms with Gasteiger partial charge in [0.2, 0.25) is 0 Å². The van der Waals surface area contributed by atoms with Crippen molar-refractivity contribution in [2.45, 2.75) is 0 Å². The molecule has 0 unspecified atom stereocenters. The standard InChI is InChI=1S/C17H13NO2/c18-16-14(17(20)12-4-2-1-3-5-12)9-7-11-6-8-13(19)10-15(11)16/h1-10,19H,18H2. The SMILES string of the molecule is Nc1c(C(=O)c2ccccc2)ccc2ccc(O)cc12. The molecule has 0 bridgehead atoms. The highest BCUT2D eigenvalue weighted by Gasteiger charge is 2.14. The minimum absolute atomic E-state index is 0.117. The van der Waals surface area contributed by atoms with Crippen molar-refractivity contribution in [1.82, 2.24) is 0 Å². The Balaban J connectivity index is 2.18. The molecule has 0 aliphatic rings. The molecule has 0 saturated carbocycles. The van der Waals surface area contributed by atoms with Crippen LogP contribution in [0.5, 0.6) is 5.75 Å². The zero-order valence-corrected chi connectivity index (χ0v) is 10.7. The molecule has 0 aromatic heterocycles. The van der Waals surface area contributed by atoms with Gasteiger partial charge >= 0.3 is 0 Å². The van der Waals surface area contributed by atoms with Crippen molar-refractivity contribution in [2.75, 3.05) is 5.73 Å².